The molecule has 0 amide bonds. The van der Waals surface area contributed by atoms with E-state index in [0.717, 1.165) is 37.9 Å². The van der Waals surface area contributed by atoms with Crippen LogP contribution >= 0.6 is 0 Å². The predicted molar refractivity (Wildman–Crippen MR) is 93.4 cm³/mol. The molecular formula is C18H29N5. The van der Waals surface area contributed by atoms with Gasteiger partial charge in [0.15, 0.2) is 0 Å². The minimum absolute atomic E-state index is 0.288. The van der Waals surface area contributed by atoms with Crippen molar-refractivity contribution in [1.29, 1.82) is 0 Å². The lowest BCUT2D eigenvalue weighted by Crippen LogP contribution is -2.35. The average Bonchev–Trinajstić information content (AvgIpc) is 3.00. The van der Waals surface area contributed by atoms with Gasteiger partial charge in [-0.3, -0.25) is 0 Å². The van der Waals surface area contributed by atoms with Crippen LogP contribution in [0.25, 0.3) is 0 Å². The number of nitrogens with one attached hydrogen (secondary N) is 1. The van der Waals surface area contributed by atoms with E-state index < -0.39 is 0 Å². The van der Waals surface area contributed by atoms with Crippen LogP contribution in [0.5, 0.6) is 0 Å². The summed E-state index contributed by atoms with van der Waals surface area (Å²) >= 11 is 0. The maximum Gasteiger partial charge on any atom is 0.222 e. The molecule has 0 atom stereocenters. The molecule has 5 N–H and O–H groups in total. The highest BCUT2D eigenvalue weighted by molar-refractivity contribution is 5.53. The van der Waals surface area contributed by atoms with Gasteiger partial charge in [-0.1, -0.05) is 12.8 Å². The third kappa shape index (κ3) is 2.80. The molecule has 2 saturated carbocycles. The predicted octanol–water partition coefficient (Wildman–Crippen LogP) is 2.89. The van der Waals surface area contributed by atoms with E-state index in [1.54, 1.807) is 0 Å². The second-order valence-corrected chi connectivity index (χ2v) is 7.85. The maximum absolute atomic E-state index is 6.08. The van der Waals surface area contributed by atoms with Crippen molar-refractivity contribution in [3.63, 3.8) is 0 Å². The number of aromatic nitrogens is 2. The summed E-state index contributed by atoms with van der Waals surface area (Å²) in [5.41, 5.74) is 15.0. The Labute approximate surface area is 138 Å². The van der Waals surface area contributed by atoms with Crippen molar-refractivity contribution >= 4 is 11.8 Å². The Kier molecular flexibility index (Phi) is 3.92. The summed E-state index contributed by atoms with van der Waals surface area (Å²) in [5, 5.41) is 3.69. The number of hydrogen-bond acceptors (Lipinski definition) is 5. The molecule has 0 saturated heterocycles. The van der Waals surface area contributed by atoms with E-state index in [1.807, 2.05) is 0 Å². The Morgan fingerprint density at radius 1 is 0.957 bits per heavy atom. The zero-order valence-corrected chi connectivity index (χ0v) is 14.0. The van der Waals surface area contributed by atoms with Gasteiger partial charge in [-0.15, -0.1) is 0 Å². The fraction of sp³-hybridized carbons (Fsp3) is 0.778. The van der Waals surface area contributed by atoms with Crippen LogP contribution in [0, 0.1) is 0 Å². The summed E-state index contributed by atoms with van der Waals surface area (Å²) in [7, 11) is 0. The monoisotopic (exact) mass is 315 g/mol. The quantitative estimate of drug-likeness (QED) is 0.781. The van der Waals surface area contributed by atoms with Crippen molar-refractivity contribution < 1.29 is 0 Å². The molecule has 0 aromatic carbocycles. The topological polar surface area (TPSA) is 89.8 Å². The summed E-state index contributed by atoms with van der Waals surface area (Å²) < 4.78 is 0. The summed E-state index contributed by atoms with van der Waals surface area (Å²) in [6, 6.07) is 0.855. The second-order valence-electron chi connectivity index (χ2n) is 7.85. The van der Waals surface area contributed by atoms with Gasteiger partial charge in [0.25, 0.3) is 0 Å². The van der Waals surface area contributed by atoms with Crippen LogP contribution in [0.15, 0.2) is 0 Å². The maximum atomic E-state index is 6.08. The van der Waals surface area contributed by atoms with Crippen LogP contribution in [-0.2, 0) is 11.8 Å². The van der Waals surface area contributed by atoms with Crippen molar-refractivity contribution in [1.82, 2.24) is 9.97 Å². The number of nitrogens with two attached hydrogens (primary N) is 2. The first-order valence-electron chi connectivity index (χ1n) is 9.35. The highest BCUT2D eigenvalue weighted by Gasteiger charge is 2.41. The summed E-state index contributed by atoms with van der Waals surface area (Å²) in [4.78, 5) is 9.30. The van der Waals surface area contributed by atoms with Crippen molar-refractivity contribution in [2.75, 3.05) is 11.1 Å². The van der Waals surface area contributed by atoms with E-state index in [0.29, 0.717) is 18.0 Å². The molecule has 23 heavy (non-hydrogen) atoms. The van der Waals surface area contributed by atoms with Gasteiger partial charge in [-0.25, -0.2) is 4.98 Å². The van der Waals surface area contributed by atoms with E-state index in [1.165, 1.54) is 49.8 Å². The van der Waals surface area contributed by atoms with E-state index in [2.05, 4.69) is 10.3 Å². The Bertz CT molecular complexity index is 571. The van der Waals surface area contributed by atoms with Gasteiger partial charge in [0, 0.05) is 23.1 Å². The van der Waals surface area contributed by atoms with E-state index >= 15 is 0 Å². The second kappa shape index (κ2) is 5.93. The van der Waals surface area contributed by atoms with Gasteiger partial charge in [-0.05, 0) is 57.8 Å². The molecule has 0 unspecified atom stereocenters. The van der Waals surface area contributed by atoms with Crippen molar-refractivity contribution in [2.45, 2.75) is 88.1 Å². The molecule has 1 aromatic heterocycles. The summed E-state index contributed by atoms with van der Waals surface area (Å²) in [6.07, 6.45) is 13.3. The third-order valence-corrected chi connectivity index (χ3v) is 6.28. The molecule has 2 fully saturated rings. The van der Waals surface area contributed by atoms with Gasteiger partial charge in [0.1, 0.15) is 5.82 Å². The SMILES string of the molecule is Nc1nc(NC2CCC(N)CC2)c2c(n1)C1(CCCC1)CCC2. The number of hydrogen-bond donors (Lipinski definition) is 3. The molecule has 3 aliphatic rings. The molecule has 0 bridgehead atoms. The molecule has 1 aromatic rings. The highest BCUT2D eigenvalue weighted by atomic mass is 15.1. The molecular weight excluding hydrogens is 286 g/mol. The molecule has 1 spiro atoms. The van der Waals surface area contributed by atoms with Gasteiger partial charge < -0.3 is 16.8 Å². The van der Waals surface area contributed by atoms with Crippen molar-refractivity contribution in [2.24, 2.45) is 5.73 Å². The minimum atomic E-state index is 0.288. The number of fused-ring (bicyclic) bond motifs is 2. The molecule has 4 rings (SSSR count). The largest absolute Gasteiger partial charge is 0.368 e. The molecule has 0 aliphatic heterocycles. The molecule has 1 heterocycles. The lowest BCUT2D eigenvalue weighted by atomic mass is 9.71. The van der Waals surface area contributed by atoms with E-state index in [9.17, 15) is 0 Å². The normalized spacial score (nSPS) is 29.4. The van der Waals surface area contributed by atoms with Gasteiger partial charge in [-0.2, -0.15) is 4.98 Å². The first kappa shape index (κ1) is 15.2. The zero-order valence-electron chi connectivity index (χ0n) is 14.0. The Balaban J connectivity index is 1.64. The van der Waals surface area contributed by atoms with E-state index in [-0.39, 0.29) is 5.41 Å². The van der Waals surface area contributed by atoms with Crippen LogP contribution in [-0.4, -0.2) is 22.1 Å². The molecule has 5 heteroatoms. The fourth-order valence-electron chi connectivity index (χ4n) is 5.01. The Morgan fingerprint density at radius 2 is 1.65 bits per heavy atom. The lowest BCUT2D eigenvalue weighted by molar-refractivity contribution is 0.357. The van der Waals surface area contributed by atoms with Gasteiger partial charge >= 0.3 is 0 Å². The molecule has 0 radical (unpaired) electrons. The number of nitrogen functional groups attached to an aromatic ring is 1. The van der Waals surface area contributed by atoms with E-state index in [4.69, 9.17) is 16.5 Å². The molecule has 126 valence electrons. The van der Waals surface area contributed by atoms with Crippen LogP contribution in [0.2, 0.25) is 0 Å². The standard InChI is InChI=1S/C18H29N5/c19-12-5-7-13(8-6-12)21-16-14-4-3-11-18(9-1-2-10-18)15(14)22-17(20)23-16/h12-13H,1-11,19H2,(H3,20,21,22,23). The van der Waals surface area contributed by atoms with Crippen LogP contribution < -0.4 is 16.8 Å². The minimum Gasteiger partial charge on any atom is -0.368 e. The third-order valence-electron chi connectivity index (χ3n) is 6.28. The summed E-state index contributed by atoms with van der Waals surface area (Å²) in [6.45, 7) is 0. The van der Waals surface area contributed by atoms with Crippen molar-refractivity contribution in [3.05, 3.63) is 11.3 Å². The number of nitrogens with zero attached hydrogens (tertiary/aromatic N) is 2. The smallest absolute Gasteiger partial charge is 0.222 e. The first-order chi connectivity index (χ1) is 11.2. The zero-order chi connectivity index (χ0) is 15.9. The van der Waals surface area contributed by atoms with Crippen LogP contribution in [0.4, 0.5) is 11.8 Å². The first-order valence-corrected chi connectivity index (χ1v) is 9.35. The Hall–Kier alpha value is -1.36. The number of anilines is 2. The highest BCUT2D eigenvalue weighted by Crippen LogP contribution is 2.49. The lowest BCUT2D eigenvalue weighted by Gasteiger charge is -2.36. The number of rotatable bonds is 2. The molecule has 3 aliphatic carbocycles. The fourth-order valence-corrected chi connectivity index (χ4v) is 5.01. The average molecular weight is 315 g/mol. The van der Waals surface area contributed by atoms with Gasteiger partial charge in [0.05, 0.1) is 5.69 Å². The Morgan fingerprint density at radius 3 is 2.39 bits per heavy atom. The van der Waals surface area contributed by atoms with Crippen LogP contribution in [0.3, 0.4) is 0 Å². The van der Waals surface area contributed by atoms with Crippen molar-refractivity contribution in [3.8, 4) is 0 Å². The summed E-state index contributed by atoms with van der Waals surface area (Å²) in [5.74, 6) is 1.45. The molecule has 5 nitrogen and oxygen atoms in total. The van der Waals surface area contributed by atoms with Gasteiger partial charge in [0.2, 0.25) is 5.95 Å². The van der Waals surface area contributed by atoms with Crippen LogP contribution in [0.1, 0.15) is 75.5 Å².